The molecule has 40 heavy (non-hydrogen) atoms. The Hall–Kier alpha value is -1.58. The number of carbonyl (C=O) groups excluding carboxylic acids is 1. The van der Waals surface area contributed by atoms with Gasteiger partial charge in [0.15, 0.2) is 0 Å². The number of carboxylic acid groups (broad SMARTS) is 1. The van der Waals surface area contributed by atoms with Gasteiger partial charge in [-0.15, -0.1) is 0 Å². The van der Waals surface area contributed by atoms with Crippen LogP contribution in [0.15, 0.2) is 24.8 Å². The predicted octanol–water partition coefficient (Wildman–Crippen LogP) is 11.5. The van der Waals surface area contributed by atoms with Crippen LogP contribution < -0.4 is 0 Å². The summed E-state index contributed by atoms with van der Waals surface area (Å²) in [4.78, 5) is 23.0. The molecule has 4 nitrogen and oxygen atoms in total. The molecule has 0 bridgehead atoms. The summed E-state index contributed by atoms with van der Waals surface area (Å²) in [6, 6.07) is 0. The molecule has 0 aliphatic heterocycles. The molecule has 0 saturated carbocycles. The second-order valence-electron chi connectivity index (χ2n) is 11.8. The van der Waals surface area contributed by atoms with E-state index in [0.717, 1.165) is 19.3 Å². The van der Waals surface area contributed by atoms with E-state index in [1.165, 1.54) is 147 Å². The molecule has 0 fully saturated rings. The van der Waals surface area contributed by atoms with Crippen LogP contribution in [0.25, 0.3) is 0 Å². The van der Waals surface area contributed by atoms with Crippen molar-refractivity contribution in [1.82, 2.24) is 0 Å². The maximum Gasteiger partial charge on any atom is 0.307 e. The highest BCUT2D eigenvalue weighted by Gasteiger charge is 2.21. The van der Waals surface area contributed by atoms with Gasteiger partial charge < -0.3 is 9.84 Å². The molecule has 0 aliphatic rings. The van der Waals surface area contributed by atoms with Gasteiger partial charge in [-0.25, -0.2) is 0 Å². The third-order valence-electron chi connectivity index (χ3n) is 7.94. The maximum atomic E-state index is 11.6. The zero-order valence-corrected chi connectivity index (χ0v) is 26.5. The summed E-state index contributed by atoms with van der Waals surface area (Å²) in [6.07, 6.45) is 40.0. The molecule has 0 amide bonds. The number of unbranched alkanes of at least 4 members (excludes halogenated alkanes) is 23. The van der Waals surface area contributed by atoms with E-state index in [9.17, 15) is 14.7 Å². The Morgan fingerprint density at radius 2 is 1.00 bits per heavy atom. The van der Waals surface area contributed by atoms with Gasteiger partial charge in [-0.3, -0.25) is 9.59 Å². The van der Waals surface area contributed by atoms with E-state index < -0.39 is 17.9 Å². The first-order chi connectivity index (χ1) is 19.6. The van der Waals surface area contributed by atoms with Gasteiger partial charge in [0.25, 0.3) is 0 Å². The van der Waals surface area contributed by atoms with E-state index in [1.54, 1.807) is 0 Å². The minimum atomic E-state index is -0.900. The van der Waals surface area contributed by atoms with Gasteiger partial charge in [0, 0.05) is 0 Å². The summed E-state index contributed by atoms with van der Waals surface area (Å²) in [5.74, 6) is -1.98. The Balaban J connectivity index is 3.30. The Morgan fingerprint density at radius 1 is 0.625 bits per heavy atom. The lowest BCUT2D eigenvalue weighted by atomic mass is 9.97. The number of hydrogen-bond acceptors (Lipinski definition) is 3. The molecule has 0 rings (SSSR count). The van der Waals surface area contributed by atoms with Crippen molar-refractivity contribution in [3.63, 3.8) is 0 Å². The largest absolute Gasteiger partial charge is 0.481 e. The Labute approximate surface area is 248 Å². The third-order valence-corrected chi connectivity index (χ3v) is 7.94. The number of ether oxygens (including phenoxy) is 1. The Morgan fingerprint density at radius 3 is 1.38 bits per heavy atom. The molecule has 1 atom stereocenters. The van der Waals surface area contributed by atoms with Gasteiger partial charge in [-0.1, -0.05) is 167 Å². The van der Waals surface area contributed by atoms with Crippen LogP contribution >= 0.6 is 0 Å². The smallest absolute Gasteiger partial charge is 0.307 e. The molecule has 234 valence electrons. The monoisotopic (exact) mass is 562 g/mol. The lowest BCUT2D eigenvalue weighted by Gasteiger charge is -2.11. The first kappa shape index (κ1) is 38.4. The van der Waals surface area contributed by atoms with Crippen LogP contribution in [0, 0.1) is 5.92 Å². The van der Waals surface area contributed by atoms with Gasteiger partial charge in [-0.05, 0) is 32.1 Å². The highest BCUT2D eigenvalue weighted by molar-refractivity contribution is 5.78. The molecule has 0 heterocycles. The van der Waals surface area contributed by atoms with E-state index in [-0.39, 0.29) is 13.0 Å². The number of aliphatic carboxylic acids is 1. The molecule has 0 aliphatic carbocycles. The molecular weight excluding hydrogens is 496 g/mol. The average molecular weight is 563 g/mol. The van der Waals surface area contributed by atoms with Crippen molar-refractivity contribution < 1.29 is 19.4 Å². The topological polar surface area (TPSA) is 63.6 Å². The fraction of sp³-hybridized carbons (Fsp3) is 0.833. The molecule has 4 heteroatoms. The fourth-order valence-corrected chi connectivity index (χ4v) is 5.31. The lowest BCUT2D eigenvalue weighted by Crippen LogP contribution is -2.19. The van der Waals surface area contributed by atoms with Crippen LogP contribution in [0.5, 0.6) is 0 Å². The zero-order chi connectivity index (χ0) is 29.4. The highest BCUT2D eigenvalue weighted by atomic mass is 16.5. The second-order valence-corrected chi connectivity index (χ2v) is 11.8. The van der Waals surface area contributed by atoms with Crippen LogP contribution in [0.2, 0.25) is 0 Å². The van der Waals surface area contributed by atoms with Gasteiger partial charge in [0.1, 0.15) is 6.61 Å². The summed E-state index contributed by atoms with van der Waals surface area (Å²) >= 11 is 0. The lowest BCUT2D eigenvalue weighted by molar-refractivity contribution is -0.151. The van der Waals surface area contributed by atoms with Crippen LogP contribution in [0.1, 0.15) is 180 Å². The van der Waals surface area contributed by atoms with Crippen molar-refractivity contribution >= 4 is 11.9 Å². The molecule has 0 aromatic carbocycles. The standard InChI is InChI=1S/C36H66O4/c1-3-5-6-7-8-9-10-11-12-13-14-15-16-17-18-19-20-21-22-23-24-25-26-27-28-29-30-31-34(36(38)39)33-35(37)40-32-4-2/h4,10-11,34H,2-3,5-9,12-33H2,1H3,(H,38,39)/b11-10+. The molecule has 0 aromatic heterocycles. The Bertz CT molecular complexity index is 598. The zero-order valence-electron chi connectivity index (χ0n) is 26.5. The number of carboxylic acids is 1. The van der Waals surface area contributed by atoms with Gasteiger partial charge >= 0.3 is 11.9 Å². The number of carbonyl (C=O) groups is 2. The van der Waals surface area contributed by atoms with Gasteiger partial charge in [-0.2, -0.15) is 0 Å². The average Bonchev–Trinajstić information content (AvgIpc) is 2.94. The fourth-order valence-electron chi connectivity index (χ4n) is 5.31. The third kappa shape index (κ3) is 29.4. The van der Waals surface area contributed by atoms with Crippen molar-refractivity contribution in [3.05, 3.63) is 24.8 Å². The van der Waals surface area contributed by atoms with E-state index in [1.807, 2.05) is 0 Å². The molecule has 1 unspecified atom stereocenters. The van der Waals surface area contributed by atoms with Crippen molar-refractivity contribution in [2.24, 2.45) is 5.92 Å². The molecule has 0 radical (unpaired) electrons. The van der Waals surface area contributed by atoms with Crippen molar-refractivity contribution in [2.45, 2.75) is 180 Å². The maximum absolute atomic E-state index is 11.6. The van der Waals surface area contributed by atoms with Gasteiger partial charge in [0.05, 0.1) is 12.3 Å². The van der Waals surface area contributed by atoms with E-state index in [4.69, 9.17) is 4.74 Å². The van der Waals surface area contributed by atoms with Crippen LogP contribution in [0.3, 0.4) is 0 Å². The van der Waals surface area contributed by atoms with Crippen molar-refractivity contribution in [3.8, 4) is 0 Å². The van der Waals surface area contributed by atoms with Crippen LogP contribution in [-0.4, -0.2) is 23.7 Å². The first-order valence-electron chi connectivity index (χ1n) is 17.3. The molecule has 0 spiro atoms. The van der Waals surface area contributed by atoms with E-state index in [2.05, 4.69) is 25.7 Å². The minimum absolute atomic E-state index is 0.0409. The summed E-state index contributed by atoms with van der Waals surface area (Å²) in [7, 11) is 0. The highest BCUT2D eigenvalue weighted by Crippen LogP contribution is 2.18. The van der Waals surface area contributed by atoms with Crippen LogP contribution in [-0.2, 0) is 14.3 Å². The summed E-state index contributed by atoms with van der Waals surface area (Å²) < 4.78 is 4.91. The quantitative estimate of drug-likeness (QED) is 0.0503. The summed E-state index contributed by atoms with van der Waals surface area (Å²) in [6.45, 7) is 5.92. The Kier molecular flexibility index (Phi) is 30.7. The minimum Gasteiger partial charge on any atom is -0.481 e. The molecular formula is C36H66O4. The second kappa shape index (κ2) is 31.9. The number of allylic oxidation sites excluding steroid dienone is 2. The normalized spacial score (nSPS) is 12.1. The SMILES string of the molecule is C=CCOC(=O)CC(CCCCCCCCCCCCCCCCCCCC/C=C/CCCCCCC)C(=O)O. The van der Waals surface area contributed by atoms with E-state index >= 15 is 0 Å². The summed E-state index contributed by atoms with van der Waals surface area (Å²) in [5, 5.41) is 9.31. The van der Waals surface area contributed by atoms with E-state index in [0.29, 0.717) is 6.42 Å². The van der Waals surface area contributed by atoms with Gasteiger partial charge in [0.2, 0.25) is 0 Å². The molecule has 1 N–H and O–H groups in total. The number of esters is 1. The summed E-state index contributed by atoms with van der Waals surface area (Å²) in [5.41, 5.74) is 0. The number of hydrogen-bond donors (Lipinski definition) is 1. The van der Waals surface area contributed by atoms with Crippen molar-refractivity contribution in [2.75, 3.05) is 6.61 Å². The van der Waals surface area contributed by atoms with Crippen LogP contribution in [0.4, 0.5) is 0 Å². The molecule has 0 aromatic rings. The number of rotatable bonds is 32. The predicted molar refractivity (Wildman–Crippen MR) is 172 cm³/mol. The van der Waals surface area contributed by atoms with Crippen molar-refractivity contribution in [1.29, 1.82) is 0 Å². The molecule has 0 saturated heterocycles. The first-order valence-corrected chi connectivity index (χ1v) is 17.3.